The highest BCUT2D eigenvalue weighted by molar-refractivity contribution is 7.26. The van der Waals surface area contributed by atoms with Gasteiger partial charge in [-0.3, -0.25) is 4.40 Å². The number of fused-ring (bicyclic) bond motifs is 16. The zero-order chi connectivity index (χ0) is 22.7. The van der Waals surface area contributed by atoms with E-state index < -0.39 is 0 Å². The lowest BCUT2D eigenvalue weighted by Crippen LogP contribution is -1.92. The molecule has 3 nitrogen and oxygen atoms in total. The summed E-state index contributed by atoms with van der Waals surface area (Å²) in [6, 6.07) is 34.4. The maximum absolute atomic E-state index is 6.55. The first kappa shape index (κ1) is 18.0. The molecule has 0 saturated carbocycles. The number of rotatable bonds is 0. The van der Waals surface area contributed by atoms with Crippen molar-refractivity contribution in [1.29, 1.82) is 0 Å². The molecule has 0 spiro atoms. The number of imidazole rings is 1. The van der Waals surface area contributed by atoms with Gasteiger partial charge in [-0.15, -0.1) is 11.3 Å². The fourth-order valence-corrected chi connectivity index (χ4v) is 7.04. The number of aromatic nitrogens is 2. The van der Waals surface area contributed by atoms with Gasteiger partial charge < -0.3 is 4.42 Å². The van der Waals surface area contributed by atoms with Gasteiger partial charge in [0.1, 0.15) is 16.8 Å². The number of benzene rings is 5. The number of thiophene rings is 1. The minimum atomic E-state index is 0.905. The molecule has 5 aromatic carbocycles. The van der Waals surface area contributed by atoms with E-state index in [1.807, 2.05) is 23.5 Å². The van der Waals surface area contributed by atoms with Crippen LogP contribution in [0.15, 0.2) is 101 Å². The molecule has 0 atom stereocenters. The van der Waals surface area contributed by atoms with Crippen LogP contribution in [-0.2, 0) is 0 Å². The van der Waals surface area contributed by atoms with Crippen LogP contribution < -0.4 is 0 Å². The molecule has 9 aromatic rings. The molecule has 0 aliphatic rings. The summed E-state index contributed by atoms with van der Waals surface area (Å²) in [5, 5.41) is 8.39. The molecular formula is C31H16N2OS. The van der Waals surface area contributed by atoms with E-state index in [4.69, 9.17) is 9.40 Å². The van der Waals surface area contributed by atoms with Gasteiger partial charge >= 0.3 is 0 Å². The second kappa shape index (κ2) is 6.17. The summed E-state index contributed by atoms with van der Waals surface area (Å²) in [6.45, 7) is 0. The highest BCUT2D eigenvalue weighted by Gasteiger charge is 2.21. The van der Waals surface area contributed by atoms with Crippen molar-refractivity contribution in [3.05, 3.63) is 97.1 Å². The standard InChI is InChI=1S/C31H16N2OS/c1-5-11-24-17(7-1)18-13-14-20-27-23(15-16-26-28(27)19-8-2-6-12-25(19)35-26)33-22-10-4-3-9-21(22)32-31(33)29(20)30(18)34-24/h1-16H. The third kappa shape index (κ3) is 2.14. The Morgan fingerprint density at radius 1 is 0.571 bits per heavy atom. The second-order valence-corrected chi connectivity index (χ2v) is 10.2. The van der Waals surface area contributed by atoms with Gasteiger partial charge in [0.05, 0.1) is 21.9 Å². The van der Waals surface area contributed by atoms with E-state index in [9.17, 15) is 0 Å². The minimum absolute atomic E-state index is 0.905. The molecule has 4 heterocycles. The van der Waals surface area contributed by atoms with Crippen LogP contribution in [0.4, 0.5) is 0 Å². The molecule has 0 aliphatic heterocycles. The number of furan rings is 1. The molecule has 0 N–H and O–H groups in total. The van der Waals surface area contributed by atoms with Crippen molar-refractivity contribution in [2.24, 2.45) is 0 Å². The lowest BCUT2D eigenvalue weighted by Gasteiger charge is -2.11. The van der Waals surface area contributed by atoms with Gasteiger partial charge in [-0.05, 0) is 47.9 Å². The van der Waals surface area contributed by atoms with Crippen molar-refractivity contribution in [2.75, 3.05) is 0 Å². The third-order valence-corrected chi connectivity index (χ3v) is 8.50. The third-order valence-electron chi connectivity index (χ3n) is 7.36. The predicted octanol–water partition coefficient (Wildman–Crippen LogP) is 9.06. The molecule has 35 heavy (non-hydrogen) atoms. The van der Waals surface area contributed by atoms with E-state index in [0.717, 1.165) is 44.0 Å². The zero-order valence-electron chi connectivity index (χ0n) is 18.4. The number of hydrogen-bond donors (Lipinski definition) is 0. The fraction of sp³-hybridized carbons (Fsp3) is 0. The molecule has 162 valence electrons. The topological polar surface area (TPSA) is 30.4 Å². The molecule has 4 aromatic heterocycles. The molecule has 0 saturated heterocycles. The second-order valence-electron chi connectivity index (χ2n) is 9.15. The Morgan fingerprint density at radius 2 is 1.37 bits per heavy atom. The number of hydrogen-bond acceptors (Lipinski definition) is 3. The largest absolute Gasteiger partial charge is 0.455 e. The average molecular weight is 465 g/mol. The first-order valence-corrected chi connectivity index (χ1v) is 12.6. The van der Waals surface area contributed by atoms with Crippen molar-refractivity contribution in [3.8, 4) is 0 Å². The van der Waals surface area contributed by atoms with Crippen LogP contribution in [0, 0.1) is 0 Å². The Morgan fingerprint density at radius 3 is 2.34 bits per heavy atom. The van der Waals surface area contributed by atoms with Crippen LogP contribution >= 0.6 is 11.3 Å². The fourth-order valence-electron chi connectivity index (χ4n) is 5.92. The van der Waals surface area contributed by atoms with Crippen LogP contribution in [0.5, 0.6) is 0 Å². The summed E-state index contributed by atoms with van der Waals surface area (Å²) in [7, 11) is 0. The Balaban J connectivity index is 1.69. The van der Waals surface area contributed by atoms with Crippen LogP contribution in [-0.4, -0.2) is 9.38 Å². The lowest BCUT2D eigenvalue weighted by atomic mass is 9.99. The van der Waals surface area contributed by atoms with Gasteiger partial charge in [-0.1, -0.05) is 54.6 Å². The maximum Gasteiger partial charge on any atom is 0.150 e. The summed E-state index contributed by atoms with van der Waals surface area (Å²) >= 11 is 1.86. The van der Waals surface area contributed by atoms with Crippen molar-refractivity contribution in [3.63, 3.8) is 0 Å². The van der Waals surface area contributed by atoms with E-state index in [0.29, 0.717) is 0 Å². The van der Waals surface area contributed by atoms with Crippen molar-refractivity contribution >= 4 is 91.8 Å². The first-order valence-electron chi connectivity index (χ1n) is 11.7. The van der Waals surface area contributed by atoms with Gasteiger partial charge in [0.15, 0.2) is 0 Å². The Kier molecular flexibility index (Phi) is 3.17. The summed E-state index contributed by atoms with van der Waals surface area (Å²) in [4.78, 5) is 5.15. The highest BCUT2D eigenvalue weighted by Crippen LogP contribution is 2.45. The maximum atomic E-state index is 6.55. The molecule has 0 bridgehead atoms. The summed E-state index contributed by atoms with van der Waals surface area (Å²) in [5.41, 5.74) is 6.03. The SMILES string of the molecule is c1ccc2c(c1)nc1c3c(ccc4c5ccccc5oc43)c3c4c(ccc3n21)sc1ccccc14. The Bertz CT molecular complexity index is 2330. The predicted molar refractivity (Wildman–Crippen MR) is 148 cm³/mol. The van der Waals surface area contributed by atoms with Gasteiger partial charge in [0, 0.05) is 36.3 Å². The molecule has 9 rings (SSSR count). The first-order chi connectivity index (χ1) is 17.4. The van der Waals surface area contributed by atoms with Crippen molar-refractivity contribution in [1.82, 2.24) is 9.38 Å². The molecular weight excluding hydrogens is 448 g/mol. The molecule has 0 amide bonds. The monoisotopic (exact) mass is 464 g/mol. The van der Waals surface area contributed by atoms with E-state index in [2.05, 4.69) is 89.3 Å². The van der Waals surface area contributed by atoms with Gasteiger partial charge in [-0.2, -0.15) is 0 Å². The number of pyridine rings is 1. The summed E-state index contributed by atoms with van der Waals surface area (Å²) < 4.78 is 11.5. The molecule has 4 heteroatoms. The van der Waals surface area contributed by atoms with Gasteiger partial charge in [0.25, 0.3) is 0 Å². The summed E-state index contributed by atoms with van der Waals surface area (Å²) in [5.74, 6) is 0. The lowest BCUT2D eigenvalue weighted by molar-refractivity contribution is 0.673. The highest BCUT2D eigenvalue weighted by atomic mass is 32.1. The normalized spacial score (nSPS) is 12.6. The zero-order valence-corrected chi connectivity index (χ0v) is 19.3. The van der Waals surface area contributed by atoms with Crippen LogP contribution in [0.25, 0.3) is 80.5 Å². The summed E-state index contributed by atoms with van der Waals surface area (Å²) in [6.07, 6.45) is 0. The number of para-hydroxylation sites is 3. The smallest absolute Gasteiger partial charge is 0.150 e. The van der Waals surface area contributed by atoms with Crippen LogP contribution in [0.2, 0.25) is 0 Å². The Hall–Kier alpha value is -4.41. The average Bonchev–Trinajstić information content (AvgIpc) is 3.59. The van der Waals surface area contributed by atoms with Crippen molar-refractivity contribution in [2.45, 2.75) is 0 Å². The molecule has 0 fully saturated rings. The van der Waals surface area contributed by atoms with E-state index >= 15 is 0 Å². The van der Waals surface area contributed by atoms with Crippen LogP contribution in [0.1, 0.15) is 0 Å². The van der Waals surface area contributed by atoms with E-state index in [1.165, 1.54) is 36.5 Å². The van der Waals surface area contributed by atoms with E-state index in [1.54, 1.807) is 0 Å². The molecule has 0 radical (unpaired) electrons. The minimum Gasteiger partial charge on any atom is -0.455 e. The van der Waals surface area contributed by atoms with E-state index in [-0.39, 0.29) is 0 Å². The quantitative estimate of drug-likeness (QED) is 0.210. The number of nitrogens with zero attached hydrogens (tertiary/aromatic N) is 2. The molecule has 0 aliphatic carbocycles. The van der Waals surface area contributed by atoms with Crippen molar-refractivity contribution < 1.29 is 4.42 Å². The molecule has 0 unspecified atom stereocenters. The van der Waals surface area contributed by atoms with Gasteiger partial charge in [-0.25, -0.2) is 4.98 Å². The van der Waals surface area contributed by atoms with Gasteiger partial charge in [0.2, 0.25) is 0 Å². The van der Waals surface area contributed by atoms with Crippen LogP contribution in [0.3, 0.4) is 0 Å². The Labute approximate surface area is 202 Å².